The molecule has 128 valence electrons. The Labute approximate surface area is 156 Å². The predicted octanol–water partition coefficient (Wildman–Crippen LogP) is 3.95. The van der Waals surface area contributed by atoms with Crippen LogP contribution in [0.3, 0.4) is 0 Å². The summed E-state index contributed by atoms with van der Waals surface area (Å²) in [5.41, 5.74) is 2.74. The van der Waals surface area contributed by atoms with Crippen LogP contribution in [-0.4, -0.2) is 36.5 Å². The number of guanidine groups is 1. The first kappa shape index (κ1) is 17.4. The Morgan fingerprint density at radius 1 is 1.46 bits per heavy atom. The highest BCUT2D eigenvalue weighted by Gasteiger charge is 2.44. The van der Waals surface area contributed by atoms with Crippen molar-refractivity contribution in [1.29, 1.82) is 0 Å². The molecule has 0 amide bonds. The maximum absolute atomic E-state index is 4.53. The van der Waals surface area contributed by atoms with Gasteiger partial charge in [-0.3, -0.25) is 4.99 Å². The lowest BCUT2D eigenvalue weighted by molar-refractivity contribution is 0.464. The Balaban J connectivity index is 1.62. The van der Waals surface area contributed by atoms with E-state index < -0.39 is 0 Å². The third-order valence-electron chi connectivity index (χ3n) is 4.51. The van der Waals surface area contributed by atoms with Crippen LogP contribution in [0.4, 0.5) is 0 Å². The van der Waals surface area contributed by atoms with Gasteiger partial charge < -0.3 is 10.2 Å². The molecule has 3 rings (SSSR count). The molecule has 0 aliphatic heterocycles. The van der Waals surface area contributed by atoms with Crippen LogP contribution in [0.25, 0.3) is 0 Å². The molecule has 1 aromatic carbocycles. The van der Waals surface area contributed by atoms with Gasteiger partial charge in [0.15, 0.2) is 5.96 Å². The Morgan fingerprint density at radius 3 is 2.83 bits per heavy atom. The van der Waals surface area contributed by atoms with Crippen LogP contribution in [0.1, 0.15) is 29.1 Å². The van der Waals surface area contributed by atoms with E-state index in [9.17, 15) is 0 Å². The van der Waals surface area contributed by atoms with Crippen LogP contribution in [0, 0.1) is 6.92 Å². The quantitative estimate of drug-likeness (QED) is 0.603. The number of thiazole rings is 1. The van der Waals surface area contributed by atoms with E-state index in [1.54, 1.807) is 11.3 Å². The molecule has 0 radical (unpaired) electrons. The van der Waals surface area contributed by atoms with Crippen molar-refractivity contribution in [1.82, 2.24) is 15.2 Å². The third-order valence-corrected chi connectivity index (χ3v) is 5.83. The van der Waals surface area contributed by atoms with E-state index in [2.05, 4.69) is 72.8 Å². The molecule has 0 atom stereocenters. The van der Waals surface area contributed by atoms with Crippen LogP contribution < -0.4 is 5.32 Å². The Hall–Kier alpha value is -1.40. The van der Waals surface area contributed by atoms with Crippen LogP contribution >= 0.6 is 27.3 Å². The highest BCUT2D eigenvalue weighted by atomic mass is 79.9. The zero-order valence-electron chi connectivity index (χ0n) is 14.3. The van der Waals surface area contributed by atoms with Gasteiger partial charge in [0.1, 0.15) is 0 Å². The SMILES string of the molecule is CN=C(NCC1(c2cccc(Br)c2)CC1)N(C)Cc1csc(C)n1. The fourth-order valence-corrected chi connectivity index (χ4v) is 3.97. The summed E-state index contributed by atoms with van der Waals surface area (Å²) in [6.45, 7) is 3.72. The minimum Gasteiger partial charge on any atom is -0.355 e. The van der Waals surface area contributed by atoms with Gasteiger partial charge in [-0.2, -0.15) is 0 Å². The molecular weight excluding hydrogens is 384 g/mol. The molecule has 0 bridgehead atoms. The lowest BCUT2D eigenvalue weighted by atomic mass is 9.96. The summed E-state index contributed by atoms with van der Waals surface area (Å²) < 4.78 is 1.15. The number of halogens is 1. The number of aromatic nitrogens is 1. The number of nitrogens with one attached hydrogen (secondary N) is 1. The van der Waals surface area contributed by atoms with Crippen molar-refractivity contribution in [3.05, 3.63) is 50.4 Å². The van der Waals surface area contributed by atoms with Gasteiger partial charge in [-0.15, -0.1) is 11.3 Å². The van der Waals surface area contributed by atoms with Crippen LogP contribution in [0.15, 0.2) is 39.1 Å². The standard InChI is InChI=1S/C18H23BrN4S/c1-13-22-16(11-24-13)10-23(3)17(20-2)21-12-18(7-8-18)14-5-4-6-15(19)9-14/h4-6,9,11H,7-8,10,12H2,1-3H3,(H,20,21). The third kappa shape index (κ3) is 3.98. The lowest BCUT2D eigenvalue weighted by Crippen LogP contribution is -2.42. The average molecular weight is 407 g/mol. The number of hydrogen-bond acceptors (Lipinski definition) is 3. The first-order valence-corrected chi connectivity index (χ1v) is 9.78. The molecule has 4 nitrogen and oxygen atoms in total. The zero-order valence-corrected chi connectivity index (χ0v) is 16.7. The van der Waals surface area contributed by atoms with E-state index in [0.717, 1.165) is 34.2 Å². The van der Waals surface area contributed by atoms with Gasteiger partial charge in [0.05, 0.1) is 17.2 Å². The smallest absolute Gasteiger partial charge is 0.193 e. The first-order chi connectivity index (χ1) is 11.5. The van der Waals surface area contributed by atoms with Crippen LogP contribution in [0.2, 0.25) is 0 Å². The molecule has 1 N–H and O–H groups in total. The number of hydrogen-bond donors (Lipinski definition) is 1. The Kier molecular flexibility index (Phi) is 5.25. The van der Waals surface area contributed by atoms with Crippen molar-refractivity contribution < 1.29 is 0 Å². The summed E-state index contributed by atoms with van der Waals surface area (Å²) in [5, 5.41) is 6.77. The normalized spacial score (nSPS) is 16.1. The van der Waals surface area contributed by atoms with Crippen molar-refractivity contribution in [2.75, 3.05) is 20.6 Å². The van der Waals surface area contributed by atoms with E-state index in [-0.39, 0.29) is 5.41 Å². The molecule has 6 heteroatoms. The largest absolute Gasteiger partial charge is 0.355 e. The van der Waals surface area contributed by atoms with Crippen LogP contribution in [-0.2, 0) is 12.0 Å². The molecule has 1 aliphatic carbocycles. The Morgan fingerprint density at radius 2 is 2.25 bits per heavy atom. The minimum absolute atomic E-state index is 0.248. The fourth-order valence-electron chi connectivity index (χ4n) is 2.97. The van der Waals surface area contributed by atoms with Crippen LogP contribution in [0.5, 0.6) is 0 Å². The monoisotopic (exact) mass is 406 g/mol. The van der Waals surface area contributed by atoms with E-state index in [4.69, 9.17) is 0 Å². The summed E-state index contributed by atoms with van der Waals surface area (Å²) in [4.78, 5) is 11.1. The number of benzene rings is 1. The second kappa shape index (κ2) is 7.23. The lowest BCUT2D eigenvalue weighted by Gasteiger charge is -2.24. The molecule has 1 heterocycles. The number of aliphatic imine (C=N–C) groups is 1. The first-order valence-electron chi connectivity index (χ1n) is 8.11. The molecule has 0 saturated heterocycles. The molecule has 24 heavy (non-hydrogen) atoms. The summed E-state index contributed by atoms with van der Waals surface area (Å²) in [6, 6.07) is 8.66. The van der Waals surface area contributed by atoms with Crippen molar-refractivity contribution >= 4 is 33.2 Å². The maximum atomic E-state index is 4.53. The van der Waals surface area contributed by atoms with Gasteiger partial charge in [0.2, 0.25) is 0 Å². The molecule has 1 fully saturated rings. The molecular formula is C18H23BrN4S. The zero-order chi connectivity index (χ0) is 17.2. The van der Waals surface area contributed by atoms with Gasteiger partial charge in [0.25, 0.3) is 0 Å². The molecule has 0 unspecified atom stereocenters. The average Bonchev–Trinajstić information content (AvgIpc) is 3.24. The molecule has 2 aromatic rings. The number of aryl methyl sites for hydroxylation is 1. The Bertz CT molecular complexity index is 736. The second-order valence-corrected chi connectivity index (χ2v) is 8.38. The highest BCUT2D eigenvalue weighted by molar-refractivity contribution is 9.10. The minimum atomic E-state index is 0.248. The number of nitrogens with zero attached hydrogens (tertiary/aromatic N) is 3. The van der Waals surface area contributed by atoms with E-state index in [0.29, 0.717) is 0 Å². The summed E-state index contributed by atoms with van der Waals surface area (Å²) in [7, 11) is 3.90. The van der Waals surface area contributed by atoms with E-state index in [1.807, 2.05) is 14.0 Å². The molecule has 1 saturated carbocycles. The molecule has 1 aliphatic rings. The second-order valence-electron chi connectivity index (χ2n) is 6.41. The highest BCUT2D eigenvalue weighted by Crippen LogP contribution is 2.48. The van der Waals surface area contributed by atoms with Crippen molar-refractivity contribution in [3.8, 4) is 0 Å². The molecule has 0 spiro atoms. The van der Waals surface area contributed by atoms with Gasteiger partial charge in [-0.1, -0.05) is 28.1 Å². The summed E-state index contributed by atoms with van der Waals surface area (Å²) in [5.74, 6) is 0.918. The van der Waals surface area contributed by atoms with Gasteiger partial charge in [-0.25, -0.2) is 4.98 Å². The van der Waals surface area contributed by atoms with Gasteiger partial charge in [0, 0.05) is 35.9 Å². The summed E-state index contributed by atoms with van der Waals surface area (Å²) in [6.07, 6.45) is 2.45. The van der Waals surface area contributed by atoms with E-state index in [1.165, 1.54) is 18.4 Å². The maximum Gasteiger partial charge on any atom is 0.193 e. The van der Waals surface area contributed by atoms with Gasteiger partial charge >= 0.3 is 0 Å². The fraction of sp³-hybridized carbons (Fsp3) is 0.444. The summed E-state index contributed by atoms with van der Waals surface area (Å²) >= 11 is 5.27. The van der Waals surface area contributed by atoms with Gasteiger partial charge in [-0.05, 0) is 37.5 Å². The molecule has 1 aromatic heterocycles. The number of rotatable bonds is 5. The predicted molar refractivity (Wildman–Crippen MR) is 105 cm³/mol. The van der Waals surface area contributed by atoms with Crippen molar-refractivity contribution in [2.45, 2.75) is 31.7 Å². The van der Waals surface area contributed by atoms with Crippen molar-refractivity contribution in [2.24, 2.45) is 4.99 Å². The van der Waals surface area contributed by atoms with Crippen molar-refractivity contribution in [3.63, 3.8) is 0 Å². The topological polar surface area (TPSA) is 40.5 Å². The van der Waals surface area contributed by atoms with E-state index >= 15 is 0 Å².